The zero-order valence-electron chi connectivity index (χ0n) is 14.8. The van der Waals surface area contributed by atoms with Gasteiger partial charge in [0.2, 0.25) is 11.4 Å². The molecule has 0 aliphatic rings. The van der Waals surface area contributed by atoms with Gasteiger partial charge in [-0.25, -0.2) is 9.59 Å². The van der Waals surface area contributed by atoms with Gasteiger partial charge in [-0.1, -0.05) is 17.7 Å². The maximum atomic E-state index is 12.8. The van der Waals surface area contributed by atoms with E-state index in [-0.39, 0.29) is 29.5 Å². The smallest absolute Gasteiger partial charge is 0.344 e. The number of benzene rings is 1. The Morgan fingerprint density at radius 1 is 1.12 bits per heavy atom. The van der Waals surface area contributed by atoms with Crippen molar-refractivity contribution in [3.8, 4) is 0 Å². The minimum atomic E-state index is -2.33. The van der Waals surface area contributed by atoms with Gasteiger partial charge in [-0.05, 0) is 26.0 Å². The van der Waals surface area contributed by atoms with Crippen LogP contribution in [0.15, 0.2) is 18.2 Å². The van der Waals surface area contributed by atoms with Crippen LogP contribution in [0.3, 0.4) is 0 Å². The largest absolute Gasteiger partial charge is 0.464 e. The van der Waals surface area contributed by atoms with E-state index in [0.29, 0.717) is 0 Å². The van der Waals surface area contributed by atoms with Crippen LogP contribution in [0.2, 0.25) is 5.02 Å². The molecule has 0 fully saturated rings. The Kier molecular flexibility index (Phi) is 7.57. The van der Waals surface area contributed by atoms with E-state index >= 15 is 0 Å². The molecule has 9 heteroatoms. The number of nitrogens with one attached hydrogen (secondary N) is 1. The first-order chi connectivity index (χ1) is 12.2. The lowest BCUT2D eigenvalue weighted by Crippen LogP contribution is -2.62. The summed E-state index contributed by atoms with van der Waals surface area (Å²) in [5, 5.41) is 2.26. The number of esters is 2. The summed E-state index contributed by atoms with van der Waals surface area (Å²) >= 11 is 6.02. The van der Waals surface area contributed by atoms with E-state index in [1.165, 1.54) is 26.0 Å². The van der Waals surface area contributed by atoms with Crippen LogP contribution in [-0.4, -0.2) is 42.4 Å². The van der Waals surface area contributed by atoms with E-state index < -0.39 is 35.6 Å². The summed E-state index contributed by atoms with van der Waals surface area (Å²) < 4.78 is 9.80. The van der Waals surface area contributed by atoms with Gasteiger partial charge in [0.25, 0.3) is 0 Å². The third-order valence-corrected chi connectivity index (χ3v) is 3.70. The third kappa shape index (κ3) is 4.72. The Morgan fingerprint density at radius 3 is 2.08 bits per heavy atom. The number of ketones is 1. The molecule has 1 amide bonds. The topological polar surface area (TPSA) is 125 Å². The normalized spacial score (nSPS) is 10.8. The molecule has 142 valence electrons. The van der Waals surface area contributed by atoms with Gasteiger partial charge >= 0.3 is 11.9 Å². The fraction of sp³-hybridized carbons (Fsp3) is 0.412. The fourth-order valence-corrected chi connectivity index (χ4v) is 2.63. The maximum absolute atomic E-state index is 12.8. The summed E-state index contributed by atoms with van der Waals surface area (Å²) in [4.78, 5) is 49.4. The number of ether oxygens (including phenoxy) is 2. The van der Waals surface area contributed by atoms with Crippen molar-refractivity contribution in [1.82, 2.24) is 5.32 Å². The van der Waals surface area contributed by atoms with Gasteiger partial charge in [0.05, 0.1) is 30.2 Å². The molecule has 8 nitrogen and oxygen atoms in total. The highest BCUT2D eigenvalue weighted by atomic mass is 35.5. The zero-order chi connectivity index (χ0) is 19.9. The van der Waals surface area contributed by atoms with Crippen molar-refractivity contribution in [3.05, 3.63) is 28.8 Å². The van der Waals surface area contributed by atoms with E-state index in [9.17, 15) is 19.2 Å². The quantitative estimate of drug-likeness (QED) is 0.301. The number of nitrogen functional groups attached to an aromatic ring is 1. The number of anilines is 1. The van der Waals surface area contributed by atoms with Crippen molar-refractivity contribution < 1.29 is 28.7 Å². The lowest BCUT2D eigenvalue weighted by Gasteiger charge is -2.29. The van der Waals surface area contributed by atoms with Crippen LogP contribution in [0, 0.1) is 0 Å². The number of Topliss-reactive ketones (excluding diaryl/α,β-unsaturated/α-hetero) is 1. The summed E-state index contributed by atoms with van der Waals surface area (Å²) in [5.41, 5.74) is 3.47. The molecule has 0 spiro atoms. The van der Waals surface area contributed by atoms with E-state index in [4.69, 9.17) is 26.8 Å². The van der Waals surface area contributed by atoms with E-state index in [1.54, 1.807) is 6.07 Å². The SMILES string of the molecule is CCOC(=O)C(CC(=O)c1c(N)cccc1Cl)(NC(C)=O)C(=O)OCC. The molecule has 3 N–H and O–H groups in total. The van der Waals surface area contributed by atoms with E-state index in [2.05, 4.69) is 5.32 Å². The standard InChI is InChI=1S/C17H21ClN2O6/c1-4-25-15(23)17(20-10(3)21,16(24)26-5-2)9-13(22)14-11(18)7-6-8-12(14)19/h6-8H,4-5,9,19H2,1-3H3,(H,20,21). The maximum Gasteiger partial charge on any atom is 0.344 e. The van der Waals surface area contributed by atoms with E-state index in [1.807, 2.05) is 0 Å². The van der Waals surface area contributed by atoms with Gasteiger partial charge in [-0.15, -0.1) is 0 Å². The summed E-state index contributed by atoms with van der Waals surface area (Å²) in [6.45, 7) is 4.01. The summed E-state index contributed by atoms with van der Waals surface area (Å²) in [5.74, 6) is -3.64. The number of hydrogen-bond acceptors (Lipinski definition) is 7. The van der Waals surface area contributed by atoms with Crippen LogP contribution in [0.5, 0.6) is 0 Å². The van der Waals surface area contributed by atoms with Crippen molar-refractivity contribution in [2.75, 3.05) is 18.9 Å². The Hall–Kier alpha value is -2.61. The van der Waals surface area contributed by atoms with Crippen LogP contribution in [-0.2, 0) is 23.9 Å². The average molecular weight is 385 g/mol. The number of hydrogen-bond donors (Lipinski definition) is 2. The van der Waals surface area contributed by atoms with Gasteiger partial charge in [0.1, 0.15) is 0 Å². The first-order valence-corrected chi connectivity index (χ1v) is 8.27. The molecule has 0 aromatic heterocycles. The Bertz CT molecular complexity index is 681. The van der Waals surface area contributed by atoms with Crippen LogP contribution in [0.1, 0.15) is 37.6 Å². The molecule has 26 heavy (non-hydrogen) atoms. The van der Waals surface area contributed by atoms with Crippen molar-refractivity contribution in [3.63, 3.8) is 0 Å². The minimum Gasteiger partial charge on any atom is -0.464 e. The Balaban J connectivity index is 3.42. The van der Waals surface area contributed by atoms with Crippen LogP contribution < -0.4 is 11.1 Å². The van der Waals surface area contributed by atoms with Crippen molar-refractivity contribution in [2.24, 2.45) is 0 Å². The molecule has 0 bridgehead atoms. The number of carbonyl (C=O) groups is 4. The molecule has 0 aliphatic heterocycles. The lowest BCUT2D eigenvalue weighted by molar-refractivity contribution is -0.167. The molecule has 0 unspecified atom stereocenters. The van der Waals surface area contributed by atoms with Gasteiger partial charge in [0.15, 0.2) is 5.78 Å². The Morgan fingerprint density at radius 2 is 1.65 bits per heavy atom. The van der Waals surface area contributed by atoms with Crippen molar-refractivity contribution >= 4 is 40.9 Å². The van der Waals surface area contributed by atoms with Gasteiger partial charge < -0.3 is 20.5 Å². The zero-order valence-corrected chi connectivity index (χ0v) is 15.5. The first-order valence-electron chi connectivity index (χ1n) is 7.90. The van der Waals surface area contributed by atoms with Gasteiger partial charge in [-0.2, -0.15) is 0 Å². The number of amides is 1. The van der Waals surface area contributed by atoms with Gasteiger partial charge in [-0.3, -0.25) is 9.59 Å². The minimum absolute atomic E-state index is 0.0550. The number of carbonyl (C=O) groups excluding carboxylic acids is 4. The van der Waals surface area contributed by atoms with Crippen LogP contribution in [0.25, 0.3) is 0 Å². The van der Waals surface area contributed by atoms with E-state index in [0.717, 1.165) is 6.92 Å². The lowest BCUT2D eigenvalue weighted by atomic mass is 9.89. The second kappa shape index (κ2) is 9.19. The highest BCUT2D eigenvalue weighted by molar-refractivity contribution is 6.35. The molecule has 0 aliphatic carbocycles. The predicted molar refractivity (Wildman–Crippen MR) is 94.6 cm³/mol. The molecule has 0 heterocycles. The van der Waals surface area contributed by atoms with Gasteiger partial charge in [0, 0.05) is 12.6 Å². The van der Waals surface area contributed by atoms with Crippen molar-refractivity contribution in [2.45, 2.75) is 32.7 Å². The third-order valence-electron chi connectivity index (χ3n) is 3.39. The summed E-state index contributed by atoms with van der Waals surface area (Å²) in [6, 6.07) is 4.44. The molecule has 1 aromatic carbocycles. The molecule has 0 radical (unpaired) electrons. The summed E-state index contributed by atoms with van der Waals surface area (Å²) in [7, 11) is 0. The molecular weight excluding hydrogens is 364 g/mol. The molecule has 0 atom stereocenters. The molecule has 1 aromatic rings. The number of rotatable bonds is 8. The monoisotopic (exact) mass is 384 g/mol. The summed E-state index contributed by atoms with van der Waals surface area (Å²) in [6.07, 6.45) is -0.752. The van der Waals surface area contributed by atoms with Crippen molar-refractivity contribution in [1.29, 1.82) is 0 Å². The average Bonchev–Trinajstić information content (AvgIpc) is 2.53. The number of nitrogens with two attached hydrogens (primary N) is 1. The fourth-order valence-electron chi connectivity index (χ4n) is 2.35. The second-order valence-electron chi connectivity index (χ2n) is 5.33. The predicted octanol–water partition coefficient (Wildman–Crippen LogP) is 1.50. The molecule has 0 saturated carbocycles. The number of halogens is 1. The highest BCUT2D eigenvalue weighted by Gasteiger charge is 2.52. The molecular formula is C17H21ClN2O6. The van der Waals surface area contributed by atoms with Crippen LogP contribution in [0.4, 0.5) is 5.69 Å². The second-order valence-corrected chi connectivity index (χ2v) is 5.74. The van der Waals surface area contributed by atoms with Crippen LogP contribution >= 0.6 is 11.6 Å². The molecule has 1 rings (SSSR count). The first kappa shape index (κ1) is 21.4. The Labute approximate surface area is 156 Å². The molecule has 0 saturated heterocycles. The highest BCUT2D eigenvalue weighted by Crippen LogP contribution is 2.27.